The van der Waals surface area contributed by atoms with Gasteiger partial charge in [-0.2, -0.15) is 5.10 Å². The van der Waals surface area contributed by atoms with Gasteiger partial charge in [-0.3, -0.25) is 5.32 Å². The van der Waals surface area contributed by atoms with Gasteiger partial charge in [0.2, 0.25) is 0 Å². The number of hydrogen-bond donors (Lipinski definition) is 3. The van der Waals surface area contributed by atoms with Gasteiger partial charge in [0.05, 0.1) is 24.4 Å². The van der Waals surface area contributed by atoms with Gasteiger partial charge in [-0.15, -0.1) is 0 Å². The quantitative estimate of drug-likeness (QED) is 0.755. The summed E-state index contributed by atoms with van der Waals surface area (Å²) < 4.78 is 1.93. The predicted octanol–water partition coefficient (Wildman–Crippen LogP) is 3.06. The highest BCUT2D eigenvalue weighted by Gasteiger charge is 2.28. The van der Waals surface area contributed by atoms with Gasteiger partial charge in [0.25, 0.3) is 0 Å². The van der Waals surface area contributed by atoms with Gasteiger partial charge in [0, 0.05) is 6.07 Å². The molecule has 0 spiro atoms. The summed E-state index contributed by atoms with van der Waals surface area (Å²) in [6.45, 7) is 3.87. The molecule has 1 heterocycles. The zero-order valence-electron chi connectivity index (χ0n) is 13.6. The number of rotatable bonds is 6. The topological polar surface area (TPSA) is 79.2 Å². The van der Waals surface area contributed by atoms with Crippen molar-refractivity contribution in [3.05, 3.63) is 12.3 Å². The number of aromatic nitrogens is 2. The minimum Gasteiger partial charge on any atom is -0.394 e. The molecule has 1 aromatic rings. The summed E-state index contributed by atoms with van der Waals surface area (Å²) in [4.78, 5) is 12.3. The Balaban J connectivity index is 2.01. The molecular formula is C16H28N4O2. The van der Waals surface area contributed by atoms with Gasteiger partial charge in [-0.05, 0) is 25.7 Å². The second-order valence-corrected chi connectivity index (χ2v) is 6.18. The number of amides is 2. The molecule has 2 amide bonds. The molecule has 0 radical (unpaired) electrons. The average molecular weight is 308 g/mol. The first-order chi connectivity index (χ1) is 10.6. The fourth-order valence-corrected chi connectivity index (χ4v) is 3.11. The minimum absolute atomic E-state index is 0.0602. The van der Waals surface area contributed by atoms with E-state index in [0.717, 1.165) is 18.7 Å². The van der Waals surface area contributed by atoms with Crippen LogP contribution in [0.15, 0.2) is 12.3 Å². The molecule has 1 aliphatic rings. The zero-order chi connectivity index (χ0) is 16.0. The summed E-state index contributed by atoms with van der Waals surface area (Å²) >= 11 is 0. The largest absolute Gasteiger partial charge is 0.394 e. The summed E-state index contributed by atoms with van der Waals surface area (Å²) in [6.07, 6.45) is 9.05. The van der Waals surface area contributed by atoms with Gasteiger partial charge in [0.1, 0.15) is 5.82 Å². The Labute approximate surface area is 132 Å². The van der Waals surface area contributed by atoms with Crippen molar-refractivity contribution in [1.29, 1.82) is 0 Å². The van der Waals surface area contributed by atoms with Gasteiger partial charge < -0.3 is 10.4 Å². The lowest BCUT2D eigenvalue weighted by molar-refractivity contribution is 0.155. The van der Waals surface area contributed by atoms with Crippen LogP contribution in [-0.4, -0.2) is 33.1 Å². The summed E-state index contributed by atoms with van der Waals surface area (Å²) in [5, 5.41) is 19.7. The van der Waals surface area contributed by atoms with Crippen LogP contribution in [0.5, 0.6) is 0 Å². The first-order valence-corrected chi connectivity index (χ1v) is 8.37. The van der Waals surface area contributed by atoms with Crippen molar-refractivity contribution in [2.75, 3.05) is 11.9 Å². The van der Waals surface area contributed by atoms with E-state index in [4.69, 9.17) is 0 Å². The number of carbonyl (C=O) groups is 1. The van der Waals surface area contributed by atoms with Crippen molar-refractivity contribution >= 4 is 11.8 Å². The lowest BCUT2D eigenvalue weighted by atomic mass is 9.94. The van der Waals surface area contributed by atoms with E-state index in [1.807, 2.05) is 24.6 Å². The highest BCUT2D eigenvalue weighted by Crippen LogP contribution is 2.29. The predicted molar refractivity (Wildman–Crippen MR) is 86.9 cm³/mol. The maximum absolute atomic E-state index is 12.3. The molecular weight excluding hydrogens is 280 g/mol. The highest BCUT2D eigenvalue weighted by molar-refractivity contribution is 5.88. The molecule has 1 fully saturated rings. The monoisotopic (exact) mass is 308 g/mol. The van der Waals surface area contributed by atoms with Crippen molar-refractivity contribution in [2.45, 2.75) is 70.4 Å². The molecule has 0 unspecified atom stereocenters. The van der Waals surface area contributed by atoms with E-state index in [1.54, 1.807) is 6.20 Å². The van der Waals surface area contributed by atoms with Crippen LogP contribution < -0.4 is 10.6 Å². The smallest absolute Gasteiger partial charge is 0.320 e. The molecule has 124 valence electrons. The molecule has 0 atom stereocenters. The molecule has 3 N–H and O–H groups in total. The van der Waals surface area contributed by atoms with Crippen LogP contribution in [0.4, 0.5) is 10.6 Å². The SMILES string of the molecule is CCC(CC)(CO)NC(=O)Nc1ccnn1C1CCCCC1. The number of urea groups is 1. The van der Waals surface area contributed by atoms with Crippen molar-refractivity contribution in [3.63, 3.8) is 0 Å². The van der Waals surface area contributed by atoms with Crippen LogP contribution in [0.2, 0.25) is 0 Å². The van der Waals surface area contributed by atoms with E-state index in [0.29, 0.717) is 18.9 Å². The van der Waals surface area contributed by atoms with Crippen LogP contribution in [0, 0.1) is 0 Å². The number of carbonyl (C=O) groups excluding carboxylic acids is 1. The molecule has 2 rings (SSSR count). The normalized spacial score (nSPS) is 16.5. The molecule has 0 aliphatic heterocycles. The first kappa shape index (κ1) is 16.8. The molecule has 6 nitrogen and oxygen atoms in total. The molecule has 1 saturated carbocycles. The van der Waals surface area contributed by atoms with Crippen LogP contribution >= 0.6 is 0 Å². The van der Waals surface area contributed by atoms with Crippen molar-refractivity contribution in [3.8, 4) is 0 Å². The molecule has 6 heteroatoms. The van der Waals surface area contributed by atoms with E-state index in [2.05, 4.69) is 15.7 Å². The molecule has 22 heavy (non-hydrogen) atoms. The lowest BCUT2D eigenvalue weighted by Crippen LogP contribution is -2.52. The zero-order valence-corrected chi connectivity index (χ0v) is 13.6. The minimum atomic E-state index is -0.556. The van der Waals surface area contributed by atoms with E-state index in [-0.39, 0.29) is 12.6 Å². The fraction of sp³-hybridized carbons (Fsp3) is 0.750. The number of aliphatic hydroxyl groups is 1. The Morgan fingerprint density at radius 1 is 1.36 bits per heavy atom. The van der Waals surface area contributed by atoms with Gasteiger partial charge in [-0.25, -0.2) is 9.48 Å². The number of nitrogens with zero attached hydrogens (tertiary/aromatic N) is 2. The van der Waals surface area contributed by atoms with E-state index in [1.165, 1.54) is 19.3 Å². The molecule has 0 bridgehead atoms. The van der Waals surface area contributed by atoms with E-state index in [9.17, 15) is 9.90 Å². The highest BCUT2D eigenvalue weighted by atomic mass is 16.3. The molecule has 1 aliphatic carbocycles. The number of nitrogens with one attached hydrogen (secondary N) is 2. The summed E-state index contributed by atoms with van der Waals surface area (Å²) in [6, 6.07) is 1.92. The Morgan fingerprint density at radius 2 is 2.05 bits per heavy atom. The maximum Gasteiger partial charge on any atom is 0.320 e. The van der Waals surface area contributed by atoms with Crippen LogP contribution in [0.25, 0.3) is 0 Å². The maximum atomic E-state index is 12.3. The van der Waals surface area contributed by atoms with Crippen molar-refractivity contribution in [1.82, 2.24) is 15.1 Å². The van der Waals surface area contributed by atoms with Gasteiger partial charge >= 0.3 is 6.03 Å². The second-order valence-electron chi connectivity index (χ2n) is 6.18. The third kappa shape index (κ3) is 3.80. The van der Waals surface area contributed by atoms with E-state index >= 15 is 0 Å². The van der Waals surface area contributed by atoms with Gasteiger partial charge in [0.15, 0.2) is 0 Å². The Bertz CT molecular complexity index is 468. The van der Waals surface area contributed by atoms with Gasteiger partial charge in [-0.1, -0.05) is 33.1 Å². The van der Waals surface area contributed by atoms with Crippen LogP contribution in [0.3, 0.4) is 0 Å². The fourth-order valence-electron chi connectivity index (χ4n) is 3.11. The molecule has 0 aromatic carbocycles. The second kappa shape index (κ2) is 7.63. The summed E-state index contributed by atoms with van der Waals surface area (Å²) in [7, 11) is 0. The third-order valence-corrected chi connectivity index (χ3v) is 4.87. The Hall–Kier alpha value is -1.56. The third-order valence-electron chi connectivity index (χ3n) is 4.87. The molecule has 1 aromatic heterocycles. The molecule has 0 saturated heterocycles. The van der Waals surface area contributed by atoms with E-state index < -0.39 is 5.54 Å². The number of hydrogen-bond acceptors (Lipinski definition) is 3. The summed E-state index contributed by atoms with van der Waals surface area (Å²) in [5.41, 5.74) is -0.556. The Morgan fingerprint density at radius 3 is 2.64 bits per heavy atom. The van der Waals surface area contributed by atoms with Crippen LogP contribution in [0.1, 0.15) is 64.8 Å². The van der Waals surface area contributed by atoms with Crippen molar-refractivity contribution < 1.29 is 9.90 Å². The standard InChI is InChI=1S/C16H28N4O2/c1-3-16(4-2,12-21)19-15(22)18-14-10-11-17-20(14)13-8-6-5-7-9-13/h10-11,13,21H,3-9,12H2,1-2H3,(H2,18,19,22). The lowest BCUT2D eigenvalue weighted by Gasteiger charge is -2.31. The Kier molecular flexibility index (Phi) is 5.83. The van der Waals surface area contributed by atoms with Crippen molar-refractivity contribution in [2.24, 2.45) is 0 Å². The number of aliphatic hydroxyl groups excluding tert-OH is 1. The summed E-state index contributed by atoms with van der Waals surface area (Å²) in [5.74, 6) is 0.725. The number of anilines is 1. The average Bonchev–Trinajstić information content (AvgIpc) is 3.01. The first-order valence-electron chi connectivity index (χ1n) is 8.37. The van der Waals surface area contributed by atoms with Crippen LogP contribution in [-0.2, 0) is 0 Å².